The van der Waals surface area contributed by atoms with Crippen molar-refractivity contribution in [3.8, 4) is 0 Å². The van der Waals surface area contributed by atoms with Gasteiger partial charge in [0.2, 0.25) is 10.0 Å². The molecule has 0 bridgehead atoms. The number of carbonyl (C=O) groups is 1. The van der Waals surface area contributed by atoms with Crippen molar-refractivity contribution >= 4 is 21.5 Å². The van der Waals surface area contributed by atoms with Crippen LogP contribution < -0.4 is 5.73 Å². The normalized spacial score (nSPS) is 11.8. The van der Waals surface area contributed by atoms with E-state index in [1.807, 2.05) is 0 Å². The van der Waals surface area contributed by atoms with Crippen LogP contribution in [-0.4, -0.2) is 37.6 Å². The van der Waals surface area contributed by atoms with E-state index < -0.39 is 10.0 Å². The lowest BCUT2D eigenvalue weighted by Gasteiger charge is -2.11. The molecule has 1 aromatic heterocycles. The molecule has 0 unspecified atom stereocenters. The van der Waals surface area contributed by atoms with Crippen molar-refractivity contribution in [2.75, 3.05) is 19.8 Å². The number of sulfonamides is 1. The number of Topliss-reactive ketones (excluding diaryl/α,β-unsaturated/α-hetero) is 1. The average molecular weight is 243 g/mol. The molecule has 6 nitrogen and oxygen atoms in total. The summed E-state index contributed by atoms with van der Waals surface area (Å²) in [7, 11) is -0.748. The van der Waals surface area contributed by atoms with Gasteiger partial charge in [0.25, 0.3) is 0 Å². The predicted octanol–water partition coefficient (Wildman–Crippen LogP) is 0.117. The predicted molar refractivity (Wildman–Crippen MR) is 59.5 cm³/mol. The Hall–Kier alpha value is -1.47. The van der Waals surface area contributed by atoms with Crippen LogP contribution in [0.5, 0.6) is 0 Å². The highest BCUT2D eigenvalue weighted by Crippen LogP contribution is 2.17. The molecule has 0 saturated carbocycles. The quantitative estimate of drug-likeness (QED) is 0.761. The third-order valence-electron chi connectivity index (χ3n) is 2.00. The Morgan fingerprint density at radius 2 is 2.00 bits per heavy atom. The van der Waals surface area contributed by atoms with Gasteiger partial charge in [0.05, 0.1) is 5.69 Å². The number of rotatable bonds is 3. The first-order valence-corrected chi connectivity index (χ1v) is 5.90. The second kappa shape index (κ2) is 4.18. The maximum atomic E-state index is 11.7. The molecule has 1 rings (SSSR count). The fourth-order valence-corrected chi connectivity index (χ4v) is 1.99. The van der Waals surface area contributed by atoms with Gasteiger partial charge in [0.15, 0.2) is 5.78 Å². The van der Waals surface area contributed by atoms with E-state index in [1.54, 1.807) is 0 Å². The Bertz CT molecular complexity index is 523. The summed E-state index contributed by atoms with van der Waals surface area (Å²) in [4.78, 5) is 14.8. The molecule has 1 heterocycles. The zero-order valence-corrected chi connectivity index (χ0v) is 10.1. The largest absolute Gasteiger partial charge is 0.397 e. The molecule has 0 aromatic carbocycles. The van der Waals surface area contributed by atoms with Crippen LogP contribution in [0.1, 0.15) is 17.4 Å². The molecule has 0 aliphatic rings. The second-order valence-corrected chi connectivity index (χ2v) is 5.60. The summed E-state index contributed by atoms with van der Waals surface area (Å²) in [6, 6.07) is 1.24. The minimum atomic E-state index is -3.56. The number of aromatic nitrogens is 1. The van der Waals surface area contributed by atoms with Crippen LogP contribution in [0.2, 0.25) is 0 Å². The molecular formula is C9H13N3O3S. The van der Waals surface area contributed by atoms with Gasteiger partial charge in [-0.05, 0) is 6.07 Å². The van der Waals surface area contributed by atoms with Crippen molar-refractivity contribution in [3.63, 3.8) is 0 Å². The van der Waals surface area contributed by atoms with Gasteiger partial charge in [0, 0.05) is 27.2 Å². The van der Waals surface area contributed by atoms with E-state index in [-0.39, 0.29) is 22.1 Å². The van der Waals surface area contributed by atoms with E-state index in [0.717, 1.165) is 10.5 Å². The van der Waals surface area contributed by atoms with Crippen LogP contribution in [0.15, 0.2) is 17.2 Å². The maximum Gasteiger partial charge on any atom is 0.244 e. The van der Waals surface area contributed by atoms with Crippen LogP contribution >= 0.6 is 0 Å². The summed E-state index contributed by atoms with van der Waals surface area (Å²) < 4.78 is 24.5. The van der Waals surface area contributed by atoms with Gasteiger partial charge in [0.1, 0.15) is 10.6 Å². The molecule has 1 aromatic rings. The number of carbonyl (C=O) groups excluding carboxylic acids is 1. The molecule has 88 valence electrons. The zero-order valence-electron chi connectivity index (χ0n) is 9.26. The summed E-state index contributed by atoms with van der Waals surface area (Å²) in [5.74, 6) is -0.300. The molecule has 7 heteroatoms. The van der Waals surface area contributed by atoms with Gasteiger partial charge in [-0.1, -0.05) is 0 Å². The van der Waals surface area contributed by atoms with E-state index in [2.05, 4.69) is 4.98 Å². The van der Waals surface area contributed by atoms with Gasteiger partial charge in [-0.25, -0.2) is 17.7 Å². The fraction of sp³-hybridized carbons (Fsp3) is 0.333. The number of nitrogen functional groups attached to an aromatic ring is 1. The molecule has 0 aliphatic heterocycles. The molecule has 0 radical (unpaired) electrons. The number of anilines is 1. The van der Waals surface area contributed by atoms with Crippen molar-refractivity contribution in [2.24, 2.45) is 0 Å². The molecule has 0 spiro atoms. The summed E-state index contributed by atoms with van der Waals surface area (Å²) in [6.07, 6.45) is 1.13. The highest BCUT2D eigenvalue weighted by atomic mass is 32.2. The minimum Gasteiger partial charge on any atom is -0.397 e. The monoisotopic (exact) mass is 243 g/mol. The molecule has 2 N–H and O–H groups in total. The first-order chi connectivity index (χ1) is 7.26. The fourth-order valence-electron chi connectivity index (χ4n) is 1.11. The summed E-state index contributed by atoms with van der Waals surface area (Å²) in [5, 5.41) is 0. The highest BCUT2D eigenvalue weighted by Gasteiger charge is 2.19. The Labute approximate surface area is 94.1 Å². The van der Waals surface area contributed by atoms with E-state index in [1.165, 1.54) is 27.1 Å². The number of nitrogens with zero attached hydrogens (tertiary/aromatic N) is 2. The summed E-state index contributed by atoms with van der Waals surface area (Å²) in [5.41, 5.74) is 5.70. The molecule has 0 fully saturated rings. The molecule has 0 aliphatic carbocycles. The smallest absolute Gasteiger partial charge is 0.244 e. The van der Waals surface area contributed by atoms with Crippen molar-refractivity contribution in [3.05, 3.63) is 18.0 Å². The first-order valence-electron chi connectivity index (χ1n) is 4.46. The van der Waals surface area contributed by atoms with Gasteiger partial charge in [-0.3, -0.25) is 4.79 Å². The lowest BCUT2D eigenvalue weighted by molar-refractivity contribution is 0.101. The van der Waals surface area contributed by atoms with Gasteiger partial charge >= 0.3 is 0 Å². The Kier molecular flexibility index (Phi) is 3.30. The molecule has 16 heavy (non-hydrogen) atoms. The van der Waals surface area contributed by atoms with E-state index in [0.29, 0.717) is 0 Å². The minimum absolute atomic E-state index is 0.0278. The third kappa shape index (κ3) is 2.20. The lowest BCUT2D eigenvalue weighted by Crippen LogP contribution is -2.22. The van der Waals surface area contributed by atoms with Gasteiger partial charge in [-0.2, -0.15) is 0 Å². The Morgan fingerprint density at radius 1 is 1.44 bits per heavy atom. The standard InChI is InChI=1S/C9H13N3O3S/c1-6(13)9-8(10)4-7(5-11-9)16(14,15)12(2)3/h4-5H,10H2,1-3H3. The van der Waals surface area contributed by atoms with Crippen molar-refractivity contribution in [1.29, 1.82) is 0 Å². The molecule has 0 amide bonds. The van der Waals surface area contributed by atoms with E-state index in [9.17, 15) is 13.2 Å². The summed E-state index contributed by atoms with van der Waals surface area (Å²) >= 11 is 0. The van der Waals surface area contributed by atoms with E-state index >= 15 is 0 Å². The van der Waals surface area contributed by atoms with Crippen molar-refractivity contribution < 1.29 is 13.2 Å². The van der Waals surface area contributed by atoms with E-state index in [4.69, 9.17) is 5.73 Å². The zero-order chi connectivity index (χ0) is 12.5. The Morgan fingerprint density at radius 3 is 2.38 bits per heavy atom. The molecular weight excluding hydrogens is 230 g/mol. The number of pyridine rings is 1. The number of nitrogens with two attached hydrogens (primary N) is 1. The van der Waals surface area contributed by atoms with Crippen LogP contribution in [-0.2, 0) is 10.0 Å². The number of hydrogen-bond donors (Lipinski definition) is 1. The average Bonchev–Trinajstić information content (AvgIpc) is 2.16. The number of hydrogen-bond acceptors (Lipinski definition) is 5. The van der Waals surface area contributed by atoms with Crippen LogP contribution in [0.4, 0.5) is 5.69 Å². The van der Waals surface area contributed by atoms with Crippen LogP contribution in [0.25, 0.3) is 0 Å². The van der Waals surface area contributed by atoms with Crippen LogP contribution in [0, 0.1) is 0 Å². The lowest BCUT2D eigenvalue weighted by atomic mass is 10.2. The highest BCUT2D eigenvalue weighted by molar-refractivity contribution is 7.89. The molecule has 0 saturated heterocycles. The first kappa shape index (κ1) is 12.6. The second-order valence-electron chi connectivity index (χ2n) is 3.45. The van der Waals surface area contributed by atoms with Crippen molar-refractivity contribution in [2.45, 2.75) is 11.8 Å². The third-order valence-corrected chi connectivity index (χ3v) is 3.78. The van der Waals surface area contributed by atoms with Gasteiger partial charge < -0.3 is 5.73 Å². The van der Waals surface area contributed by atoms with Crippen LogP contribution in [0.3, 0.4) is 0 Å². The van der Waals surface area contributed by atoms with Gasteiger partial charge in [-0.15, -0.1) is 0 Å². The van der Waals surface area contributed by atoms with Crippen molar-refractivity contribution in [1.82, 2.24) is 9.29 Å². The Balaban J connectivity index is 3.32. The topological polar surface area (TPSA) is 93.4 Å². The molecule has 0 atom stereocenters. The SMILES string of the molecule is CC(=O)c1ncc(S(=O)(=O)N(C)C)cc1N. The maximum absolute atomic E-state index is 11.7. The summed E-state index contributed by atoms with van der Waals surface area (Å²) in [6.45, 7) is 1.32. The number of ketones is 1.